The second kappa shape index (κ2) is 6.33. The molecular weight excluding hydrogens is 226 g/mol. The number of rotatable bonds is 3. The number of nitrogens with zero attached hydrogens (tertiary/aromatic N) is 2. The van der Waals surface area contributed by atoms with E-state index in [9.17, 15) is 0 Å². The Morgan fingerprint density at radius 1 is 1.00 bits per heavy atom. The quantitative estimate of drug-likeness (QED) is 0.794. The molecular formula is C14H27N3O. The molecule has 2 atom stereocenters. The van der Waals surface area contributed by atoms with E-state index in [-0.39, 0.29) is 0 Å². The van der Waals surface area contributed by atoms with Gasteiger partial charge in [0.05, 0.1) is 13.2 Å². The monoisotopic (exact) mass is 253 g/mol. The normalized spacial score (nSPS) is 35.3. The zero-order chi connectivity index (χ0) is 12.2. The molecule has 104 valence electrons. The fourth-order valence-corrected chi connectivity index (χ4v) is 3.72. The fourth-order valence-electron chi connectivity index (χ4n) is 3.72. The van der Waals surface area contributed by atoms with E-state index >= 15 is 0 Å². The number of morpholine rings is 1. The maximum Gasteiger partial charge on any atom is 0.0594 e. The molecule has 2 heterocycles. The zero-order valence-electron chi connectivity index (χ0n) is 11.4. The Morgan fingerprint density at radius 2 is 1.83 bits per heavy atom. The van der Waals surface area contributed by atoms with Crippen molar-refractivity contribution >= 4 is 0 Å². The van der Waals surface area contributed by atoms with Crippen molar-refractivity contribution in [1.82, 2.24) is 15.1 Å². The second-order valence-corrected chi connectivity index (χ2v) is 5.90. The van der Waals surface area contributed by atoms with Crippen LogP contribution >= 0.6 is 0 Å². The van der Waals surface area contributed by atoms with Crippen LogP contribution in [0.2, 0.25) is 0 Å². The largest absolute Gasteiger partial charge is 0.379 e. The summed E-state index contributed by atoms with van der Waals surface area (Å²) in [4.78, 5) is 5.30. The van der Waals surface area contributed by atoms with Gasteiger partial charge >= 0.3 is 0 Å². The second-order valence-electron chi connectivity index (χ2n) is 5.90. The molecule has 0 aromatic rings. The van der Waals surface area contributed by atoms with Crippen molar-refractivity contribution in [3.63, 3.8) is 0 Å². The highest BCUT2D eigenvalue weighted by Crippen LogP contribution is 2.25. The number of nitrogens with one attached hydrogen (secondary N) is 1. The van der Waals surface area contributed by atoms with E-state index in [2.05, 4.69) is 15.1 Å². The van der Waals surface area contributed by atoms with Crippen molar-refractivity contribution in [3.05, 3.63) is 0 Å². The first-order chi connectivity index (χ1) is 8.93. The van der Waals surface area contributed by atoms with Crippen molar-refractivity contribution in [2.45, 2.75) is 37.8 Å². The molecule has 0 aromatic heterocycles. The topological polar surface area (TPSA) is 27.7 Å². The molecule has 3 aliphatic rings. The van der Waals surface area contributed by atoms with Crippen LogP contribution in [-0.4, -0.2) is 74.4 Å². The number of hydrogen-bond donors (Lipinski definition) is 1. The van der Waals surface area contributed by atoms with Gasteiger partial charge in [-0.2, -0.15) is 0 Å². The lowest BCUT2D eigenvalue weighted by atomic mass is 9.87. The average Bonchev–Trinajstić information content (AvgIpc) is 2.46. The molecule has 0 bridgehead atoms. The maximum atomic E-state index is 5.41. The minimum Gasteiger partial charge on any atom is -0.379 e. The maximum absolute atomic E-state index is 5.41. The lowest BCUT2D eigenvalue weighted by Gasteiger charge is -2.45. The predicted octanol–water partition coefficient (Wildman–Crippen LogP) is 0.535. The first kappa shape index (κ1) is 12.9. The molecule has 1 aliphatic carbocycles. The van der Waals surface area contributed by atoms with Crippen molar-refractivity contribution in [2.24, 2.45) is 0 Å². The van der Waals surface area contributed by atoms with Crippen molar-refractivity contribution < 1.29 is 4.74 Å². The van der Waals surface area contributed by atoms with E-state index in [1.54, 1.807) is 0 Å². The molecule has 1 N–H and O–H groups in total. The standard InChI is InChI=1S/C14H27N3O/c1-2-4-14-13(3-1)15-5-6-17(14)8-7-16-9-11-18-12-10-16/h13-15H,1-12H2/t13-,14-/m0/s1. The van der Waals surface area contributed by atoms with Crippen LogP contribution in [-0.2, 0) is 4.74 Å². The Morgan fingerprint density at radius 3 is 2.72 bits per heavy atom. The van der Waals surface area contributed by atoms with Gasteiger partial charge in [-0.25, -0.2) is 0 Å². The van der Waals surface area contributed by atoms with Crippen LogP contribution in [0.4, 0.5) is 0 Å². The van der Waals surface area contributed by atoms with Crippen LogP contribution in [0.5, 0.6) is 0 Å². The Hall–Kier alpha value is -0.160. The summed E-state index contributed by atoms with van der Waals surface area (Å²) in [5.41, 5.74) is 0. The molecule has 18 heavy (non-hydrogen) atoms. The first-order valence-electron chi connectivity index (χ1n) is 7.71. The lowest BCUT2D eigenvalue weighted by molar-refractivity contribution is 0.0227. The molecule has 2 saturated heterocycles. The zero-order valence-corrected chi connectivity index (χ0v) is 11.4. The molecule has 0 unspecified atom stereocenters. The van der Waals surface area contributed by atoms with E-state index in [1.807, 2.05) is 0 Å². The Kier molecular flexibility index (Phi) is 4.52. The van der Waals surface area contributed by atoms with Crippen LogP contribution in [0.3, 0.4) is 0 Å². The molecule has 3 rings (SSSR count). The van der Waals surface area contributed by atoms with E-state index in [1.165, 1.54) is 51.9 Å². The number of ether oxygens (including phenoxy) is 1. The summed E-state index contributed by atoms with van der Waals surface area (Å²) < 4.78 is 5.41. The van der Waals surface area contributed by atoms with Crippen LogP contribution < -0.4 is 5.32 Å². The third kappa shape index (κ3) is 3.05. The molecule has 0 radical (unpaired) electrons. The van der Waals surface area contributed by atoms with Gasteiger partial charge in [0.25, 0.3) is 0 Å². The van der Waals surface area contributed by atoms with Crippen molar-refractivity contribution in [2.75, 3.05) is 52.5 Å². The summed E-state index contributed by atoms with van der Waals surface area (Å²) in [5.74, 6) is 0. The van der Waals surface area contributed by atoms with Gasteiger partial charge in [0.2, 0.25) is 0 Å². The number of fused-ring (bicyclic) bond motifs is 1. The summed E-state index contributed by atoms with van der Waals surface area (Å²) in [6.07, 6.45) is 5.64. The SMILES string of the molecule is C1CC[C@H]2[C@H](C1)NCCN2CCN1CCOCC1. The van der Waals surface area contributed by atoms with Gasteiger partial charge in [0.1, 0.15) is 0 Å². The highest BCUT2D eigenvalue weighted by molar-refractivity contribution is 4.92. The van der Waals surface area contributed by atoms with Gasteiger partial charge < -0.3 is 10.1 Å². The third-order valence-corrected chi connectivity index (χ3v) is 4.81. The van der Waals surface area contributed by atoms with Crippen LogP contribution in [0.15, 0.2) is 0 Å². The Labute approximate surface area is 111 Å². The minimum absolute atomic E-state index is 0.775. The summed E-state index contributed by atoms with van der Waals surface area (Å²) >= 11 is 0. The van der Waals surface area contributed by atoms with Crippen molar-refractivity contribution in [1.29, 1.82) is 0 Å². The molecule has 4 nitrogen and oxygen atoms in total. The van der Waals surface area contributed by atoms with Gasteiger partial charge in [-0.1, -0.05) is 12.8 Å². The summed E-state index contributed by atoms with van der Waals surface area (Å²) in [7, 11) is 0. The van der Waals surface area contributed by atoms with E-state index in [0.29, 0.717) is 0 Å². The highest BCUT2D eigenvalue weighted by Gasteiger charge is 2.32. The summed E-state index contributed by atoms with van der Waals surface area (Å²) in [5, 5.41) is 3.71. The highest BCUT2D eigenvalue weighted by atomic mass is 16.5. The van der Waals surface area contributed by atoms with E-state index < -0.39 is 0 Å². The third-order valence-electron chi connectivity index (χ3n) is 4.81. The Balaban J connectivity index is 1.48. The number of hydrogen-bond acceptors (Lipinski definition) is 4. The lowest BCUT2D eigenvalue weighted by Crippen LogP contribution is -2.60. The molecule has 4 heteroatoms. The van der Waals surface area contributed by atoms with Gasteiger partial charge in [0, 0.05) is 51.4 Å². The summed E-state index contributed by atoms with van der Waals surface area (Å²) in [6.45, 7) is 9.01. The Bertz CT molecular complexity index is 253. The molecule has 2 aliphatic heterocycles. The average molecular weight is 253 g/mol. The van der Waals surface area contributed by atoms with Gasteiger partial charge in [-0.3, -0.25) is 9.80 Å². The fraction of sp³-hybridized carbons (Fsp3) is 1.00. The number of piperazine rings is 1. The summed E-state index contributed by atoms with van der Waals surface area (Å²) in [6, 6.07) is 1.59. The molecule has 3 fully saturated rings. The van der Waals surface area contributed by atoms with Crippen LogP contribution in [0.1, 0.15) is 25.7 Å². The van der Waals surface area contributed by atoms with E-state index in [4.69, 9.17) is 4.74 Å². The van der Waals surface area contributed by atoms with E-state index in [0.717, 1.165) is 38.4 Å². The van der Waals surface area contributed by atoms with Crippen LogP contribution in [0, 0.1) is 0 Å². The van der Waals surface area contributed by atoms with Gasteiger partial charge in [-0.05, 0) is 12.8 Å². The molecule has 0 aromatic carbocycles. The van der Waals surface area contributed by atoms with Crippen molar-refractivity contribution in [3.8, 4) is 0 Å². The molecule has 0 amide bonds. The van der Waals surface area contributed by atoms with Gasteiger partial charge in [0.15, 0.2) is 0 Å². The minimum atomic E-state index is 0.775. The molecule has 0 spiro atoms. The predicted molar refractivity (Wildman–Crippen MR) is 72.9 cm³/mol. The first-order valence-corrected chi connectivity index (χ1v) is 7.71. The van der Waals surface area contributed by atoms with Crippen LogP contribution in [0.25, 0.3) is 0 Å². The molecule has 1 saturated carbocycles. The van der Waals surface area contributed by atoms with Gasteiger partial charge in [-0.15, -0.1) is 0 Å². The smallest absolute Gasteiger partial charge is 0.0594 e.